The molecule has 1 nitrogen and oxygen atoms in total. The van der Waals surface area contributed by atoms with Crippen molar-refractivity contribution in [1.82, 2.24) is 0 Å². The molecule has 1 aliphatic carbocycles. The topological polar surface area (TPSA) is 9.23 Å². The summed E-state index contributed by atoms with van der Waals surface area (Å²) in [4.78, 5) is 0. The molecule has 0 bridgehead atoms. The van der Waals surface area contributed by atoms with Crippen molar-refractivity contribution < 1.29 is 4.74 Å². The molecular weight excluding hydrogens is 216 g/mol. The minimum absolute atomic E-state index is 0.952. The molecule has 2 heteroatoms. The van der Waals surface area contributed by atoms with Crippen molar-refractivity contribution in [3.63, 3.8) is 0 Å². The molecule has 0 saturated carbocycles. The molecule has 0 spiro atoms. The number of hydrogen-bond donors (Lipinski definition) is 0. The first-order chi connectivity index (χ1) is 5.81. The Morgan fingerprint density at radius 1 is 1.42 bits per heavy atom. The van der Waals surface area contributed by atoms with Gasteiger partial charge >= 0.3 is 0 Å². The lowest BCUT2D eigenvalue weighted by molar-refractivity contribution is 0.413. The van der Waals surface area contributed by atoms with Crippen molar-refractivity contribution in [2.75, 3.05) is 7.11 Å². The predicted molar refractivity (Wildman–Crippen MR) is 53.4 cm³/mol. The van der Waals surface area contributed by atoms with Gasteiger partial charge in [-0.15, -0.1) is 0 Å². The van der Waals surface area contributed by atoms with E-state index in [2.05, 4.69) is 34.1 Å². The molecule has 0 unspecified atom stereocenters. The van der Waals surface area contributed by atoms with Gasteiger partial charge in [-0.25, -0.2) is 0 Å². The first-order valence-electron chi connectivity index (χ1n) is 3.84. The van der Waals surface area contributed by atoms with Gasteiger partial charge in [-0.1, -0.05) is 28.1 Å². The van der Waals surface area contributed by atoms with Crippen molar-refractivity contribution in [2.45, 2.75) is 6.42 Å². The van der Waals surface area contributed by atoms with E-state index in [9.17, 15) is 0 Å². The van der Waals surface area contributed by atoms with E-state index in [0.717, 1.165) is 16.6 Å². The Morgan fingerprint density at radius 2 is 2.25 bits per heavy atom. The van der Waals surface area contributed by atoms with Crippen LogP contribution in [0.25, 0.3) is 6.08 Å². The zero-order valence-corrected chi connectivity index (χ0v) is 8.39. The molecule has 0 atom stereocenters. The lowest BCUT2D eigenvalue weighted by atomic mass is 10.1. The summed E-state index contributed by atoms with van der Waals surface area (Å²) in [5.74, 6) is 0.952. The van der Waals surface area contributed by atoms with Crippen molar-refractivity contribution in [3.05, 3.63) is 33.8 Å². The molecule has 0 N–H and O–H groups in total. The molecule has 0 saturated heterocycles. The lowest BCUT2D eigenvalue weighted by Gasteiger charge is -2.06. The quantitative estimate of drug-likeness (QED) is 0.713. The Hall–Kier alpha value is -0.760. The largest absolute Gasteiger partial charge is 0.496 e. The van der Waals surface area contributed by atoms with Gasteiger partial charge in [0.15, 0.2) is 0 Å². The van der Waals surface area contributed by atoms with E-state index in [1.807, 2.05) is 6.07 Å². The fourth-order valence-electron chi connectivity index (χ4n) is 1.48. The second-order valence-electron chi connectivity index (χ2n) is 2.79. The standard InChI is InChI=1S/C10H9BrO/c1-12-10-6-8(11)5-7-3-2-4-9(7)10/h2,4-6H,3H2,1H3. The Balaban J connectivity index is 2.60. The summed E-state index contributed by atoms with van der Waals surface area (Å²) in [6.45, 7) is 0. The molecule has 0 radical (unpaired) electrons. The Kier molecular flexibility index (Phi) is 1.93. The van der Waals surface area contributed by atoms with E-state index in [1.165, 1.54) is 11.1 Å². The summed E-state index contributed by atoms with van der Waals surface area (Å²) in [6, 6.07) is 4.13. The van der Waals surface area contributed by atoms with Crippen molar-refractivity contribution >= 4 is 22.0 Å². The van der Waals surface area contributed by atoms with Crippen molar-refractivity contribution in [1.29, 1.82) is 0 Å². The summed E-state index contributed by atoms with van der Waals surface area (Å²) < 4.78 is 6.34. The van der Waals surface area contributed by atoms with Gasteiger partial charge in [0.25, 0.3) is 0 Å². The molecule has 0 amide bonds. The first kappa shape index (κ1) is 7.87. The highest BCUT2D eigenvalue weighted by atomic mass is 79.9. The highest BCUT2D eigenvalue weighted by molar-refractivity contribution is 9.10. The first-order valence-corrected chi connectivity index (χ1v) is 4.63. The maximum atomic E-state index is 5.26. The van der Waals surface area contributed by atoms with Crippen LogP contribution in [-0.4, -0.2) is 7.11 Å². The van der Waals surface area contributed by atoms with Crippen LogP contribution in [0.2, 0.25) is 0 Å². The fourth-order valence-corrected chi connectivity index (χ4v) is 1.96. The van der Waals surface area contributed by atoms with Gasteiger partial charge in [0.1, 0.15) is 5.75 Å². The van der Waals surface area contributed by atoms with Crippen LogP contribution in [0.4, 0.5) is 0 Å². The van der Waals surface area contributed by atoms with Crippen LogP contribution in [0.5, 0.6) is 5.75 Å². The molecule has 0 fully saturated rings. The molecule has 1 aromatic carbocycles. The highest BCUT2D eigenvalue weighted by Gasteiger charge is 2.11. The Bertz CT molecular complexity index is 342. The van der Waals surface area contributed by atoms with Gasteiger partial charge in [-0.3, -0.25) is 0 Å². The molecule has 0 heterocycles. The monoisotopic (exact) mass is 224 g/mol. The van der Waals surface area contributed by atoms with Gasteiger partial charge in [0.05, 0.1) is 7.11 Å². The minimum Gasteiger partial charge on any atom is -0.496 e. The van der Waals surface area contributed by atoms with Crippen LogP contribution in [0.15, 0.2) is 22.7 Å². The smallest absolute Gasteiger partial charge is 0.127 e. The number of hydrogen-bond acceptors (Lipinski definition) is 1. The van der Waals surface area contributed by atoms with Crippen LogP contribution in [-0.2, 0) is 6.42 Å². The number of ether oxygens (including phenoxy) is 1. The molecule has 0 aliphatic heterocycles. The number of halogens is 1. The van der Waals surface area contributed by atoms with E-state index < -0.39 is 0 Å². The van der Waals surface area contributed by atoms with Crippen LogP contribution in [0.1, 0.15) is 11.1 Å². The molecule has 62 valence electrons. The van der Waals surface area contributed by atoms with Gasteiger partial charge in [0.2, 0.25) is 0 Å². The Morgan fingerprint density at radius 3 is 3.00 bits per heavy atom. The zero-order chi connectivity index (χ0) is 8.55. The van der Waals surface area contributed by atoms with E-state index in [1.54, 1.807) is 7.11 Å². The third-order valence-electron chi connectivity index (χ3n) is 2.03. The van der Waals surface area contributed by atoms with E-state index in [-0.39, 0.29) is 0 Å². The van der Waals surface area contributed by atoms with E-state index in [4.69, 9.17) is 4.74 Å². The highest BCUT2D eigenvalue weighted by Crippen LogP contribution is 2.32. The summed E-state index contributed by atoms with van der Waals surface area (Å²) in [5, 5.41) is 0. The van der Waals surface area contributed by atoms with Crippen LogP contribution >= 0.6 is 15.9 Å². The number of allylic oxidation sites excluding steroid dienone is 1. The molecule has 12 heavy (non-hydrogen) atoms. The van der Waals surface area contributed by atoms with Crippen LogP contribution < -0.4 is 4.74 Å². The zero-order valence-electron chi connectivity index (χ0n) is 6.80. The lowest BCUT2D eigenvalue weighted by Crippen LogP contribution is -1.89. The Labute approximate surface area is 80.2 Å². The van der Waals surface area contributed by atoms with Gasteiger partial charge in [-0.2, -0.15) is 0 Å². The van der Waals surface area contributed by atoms with E-state index in [0.29, 0.717) is 0 Å². The van der Waals surface area contributed by atoms with E-state index >= 15 is 0 Å². The number of rotatable bonds is 1. The molecule has 2 rings (SSSR count). The third kappa shape index (κ3) is 1.16. The fraction of sp³-hybridized carbons (Fsp3) is 0.200. The molecular formula is C10H9BrO. The molecule has 1 aromatic rings. The summed E-state index contributed by atoms with van der Waals surface area (Å²) in [5.41, 5.74) is 2.56. The third-order valence-corrected chi connectivity index (χ3v) is 2.49. The van der Waals surface area contributed by atoms with Crippen molar-refractivity contribution in [2.24, 2.45) is 0 Å². The van der Waals surface area contributed by atoms with Crippen LogP contribution in [0.3, 0.4) is 0 Å². The maximum absolute atomic E-state index is 5.26. The average Bonchev–Trinajstić information content (AvgIpc) is 2.50. The molecule has 1 aliphatic rings. The molecule has 0 aromatic heterocycles. The second kappa shape index (κ2) is 2.94. The normalized spacial score (nSPS) is 13.2. The van der Waals surface area contributed by atoms with Crippen molar-refractivity contribution in [3.8, 4) is 5.75 Å². The number of benzene rings is 1. The number of methoxy groups -OCH3 is 1. The summed E-state index contributed by atoms with van der Waals surface area (Å²) in [6.07, 6.45) is 5.28. The summed E-state index contributed by atoms with van der Waals surface area (Å²) >= 11 is 3.45. The van der Waals surface area contributed by atoms with Gasteiger partial charge in [0, 0.05) is 10.0 Å². The van der Waals surface area contributed by atoms with Crippen LogP contribution in [0, 0.1) is 0 Å². The SMILES string of the molecule is COc1cc(Br)cc2c1C=CC2. The predicted octanol–water partition coefficient (Wildman–Crippen LogP) is 3.03. The minimum atomic E-state index is 0.952. The van der Waals surface area contributed by atoms with Gasteiger partial charge in [-0.05, 0) is 24.1 Å². The maximum Gasteiger partial charge on any atom is 0.127 e. The second-order valence-corrected chi connectivity index (χ2v) is 3.70. The van der Waals surface area contributed by atoms with Gasteiger partial charge < -0.3 is 4.74 Å². The average molecular weight is 225 g/mol. The summed E-state index contributed by atoms with van der Waals surface area (Å²) in [7, 11) is 1.70. The number of fused-ring (bicyclic) bond motifs is 1.